The highest BCUT2D eigenvalue weighted by atomic mass is 35.5. The first-order valence-electron chi connectivity index (χ1n) is 6.43. The molecule has 98 valence electrons. The third-order valence-corrected chi connectivity index (χ3v) is 3.98. The van der Waals surface area contributed by atoms with Crippen molar-refractivity contribution in [1.29, 1.82) is 0 Å². The number of nitrogens with zero attached hydrogens (tertiary/aromatic N) is 1. The lowest BCUT2D eigenvalue weighted by Crippen LogP contribution is -2.54. The molecule has 2 heterocycles. The number of morpholine rings is 1. The number of carbonyl (C=O) groups excluding carboxylic acids is 1. The molecule has 1 aromatic heterocycles. The van der Waals surface area contributed by atoms with Crippen LogP contribution in [0.2, 0.25) is 5.22 Å². The van der Waals surface area contributed by atoms with Gasteiger partial charge in [-0.2, -0.15) is 0 Å². The number of rotatable bonds is 1. The van der Waals surface area contributed by atoms with E-state index in [1.807, 2.05) is 4.90 Å². The third kappa shape index (κ3) is 2.15. The minimum absolute atomic E-state index is 0.0675. The van der Waals surface area contributed by atoms with Crippen LogP contribution >= 0.6 is 11.6 Å². The summed E-state index contributed by atoms with van der Waals surface area (Å²) in [4.78, 5) is 14.3. The molecule has 0 N–H and O–H groups in total. The van der Waals surface area contributed by atoms with Crippen molar-refractivity contribution < 1.29 is 13.9 Å². The topological polar surface area (TPSA) is 42.7 Å². The van der Waals surface area contributed by atoms with Crippen molar-refractivity contribution in [3.05, 3.63) is 23.1 Å². The van der Waals surface area contributed by atoms with E-state index < -0.39 is 0 Å². The van der Waals surface area contributed by atoms with Gasteiger partial charge in [-0.05, 0) is 36.6 Å². The Hall–Kier alpha value is -1.00. The molecule has 4 nitrogen and oxygen atoms in total. The van der Waals surface area contributed by atoms with Crippen molar-refractivity contribution in [1.82, 2.24) is 4.90 Å². The van der Waals surface area contributed by atoms with Crippen LogP contribution in [-0.4, -0.2) is 36.1 Å². The molecular formula is C13H16ClNO3. The normalized spacial score (nSPS) is 27.9. The second kappa shape index (κ2) is 4.94. The summed E-state index contributed by atoms with van der Waals surface area (Å²) in [6.07, 6.45) is 4.61. The van der Waals surface area contributed by atoms with Crippen molar-refractivity contribution >= 4 is 17.5 Å². The second-order valence-electron chi connectivity index (χ2n) is 4.86. The summed E-state index contributed by atoms with van der Waals surface area (Å²) in [5.74, 6) is 0.258. The molecule has 1 aliphatic heterocycles. The third-order valence-electron chi connectivity index (χ3n) is 3.78. The lowest BCUT2D eigenvalue weighted by atomic mass is 9.90. The lowest BCUT2D eigenvalue weighted by molar-refractivity contribution is -0.0759. The first kappa shape index (κ1) is 12.1. The van der Waals surface area contributed by atoms with Crippen LogP contribution in [0.15, 0.2) is 16.5 Å². The molecule has 0 spiro atoms. The number of furan rings is 1. The van der Waals surface area contributed by atoms with Crippen molar-refractivity contribution in [3.8, 4) is 0 Å². The van der Waals surface area contributed by atoms with Gasteiger partial charge in [-0.1, -0.05) is 12.8 Å². The summed E-state index contributed by atoms with van der Waals surface area (Å²) in [6.45, 7) is 1.25. The Kier molecular flexibility index (Phi) is 3.31. The Morgan fingerprint density at radius 2 is 2.17 bits per heavy atom. The van der Waals surface area contributed by atoms with Crippen molar-refractivity contribution in [2.45, 2.75) is 37.8 Å². The summed E-state index contributed by atoms with van der Waals surface area (Å²) >= 11 is 5.72. The summed E-state index contributed by atoms with van der Waals surface area (Å²) in [7, 11) is 0. The number of hydrogen-bond donors (Lipinski definition) is 0. The van der Waals surface area contributed by atoms with Crippen molar-refractivity contribution in [2.24, 2.45) is 0 Å². The van der Waals surface area contributed by atoms with Gasteiger partial charge >= 0.3 is 0 Å². The van der Waals surface area contributed by atoms with Gasteiger partial charge in [0.2, 0.25) is 0 Å². The molecule has 0 radical (unpaired) electrons. The average molecular weight is 270 g/mol. The average Bonchev–Trinajstić information content (AvgIpc) is 2.84. The van der Waals surface area contributed by atoms with E-state index in [9.17, 15) is 4.79 Å². The van der Waals surface area contributed by atoms with Crippen LogP contribution in [0.5, 0.6) is 0 Å². The zero-order valence-corrected chi connectivity index (χ0v) is 10.9. The van der Waals surface area contributed by atoms with Gasteiger partial charge in [0.05, 0.1) is 18.8 Å². The maximum absolute atomic E-state index is 12.4. The number of fused-ring (bicyclic) bond motifs is 1. The highest BCUT2D eigenvalue weighted by Gasteiger charge is 2.37. The first-order valence-corrected chi connectivity index (χ1v) is 6.81. The smallest absolute Gasteiger partial charge is 0.290 e. The van der Waals surface area contributed by atoms with Crippen molar-refractivity contribution in [2.75, 3.05) is 13.2 Å². The molecule has 2 atom stereocenters. The predicted molar refractivity (Wildman–Crippen MR) is 66.8 cm³/mol. The summed E-state index contributed by atoms with van der Waals surface area (Å²) < 4.78 is 11.0. The monoisotopic (exact) mass is 269 g/mol. The maximum atomic E-state index is 12.4. The SMILES string of the molecule is O=C(c1ccc(Cl)o1)N1CCO[C@@H]2CCCC[C@H]21. The van der Waals surface area contributed by atoms with E-state index in [-0.39, 0.29) is 23.3 Å². The number of amides is 1. The molecule has 1 amide bonds. The van der Waals surface area contributed by atoms with E-state index in [0.29, 0.717) is 18.9 Å². The van der Waals surface area contributed by atoms with Gasteiger partial charge in [0.1, 0.15) is 0 Å². The van der Waals surface area contributed by atoms with Gasteiger partial charge in [0, 0.05) is 6.54 Å². The molecule has 0 bridgehead atoms. The Labute approximate surface area is 111 Å². The van der Waals surface area contributed by atoms with Crippen LogP contribution in [0.25, 0.3) is 0 Å². The Bertz CT molecular complexity index is 443. The highest BCUT2D eigenvalue weighted by Crippen LogP contribution is 2.29. The van der Waals surface area contributed by atoms with E-state index in [1.54, 1.807) is 12.1 Å². The van der Waals surface area contributed by atoms with Crippen LogP contribution in [-0.2, 0) is 4.74 Å². The van der Waals surface area contributed by atoms with Crippen LogP contribution < -0.4 is 0 Å². The van der Waals surface area contributed by atoms with Crippen molar-refractivity contribution in [3.63, 3.8) is 0 Å². The molecule has 1 saturated carbocycles. The molecule has 0 aromatic carbocycles. The number of hydrogen-bond acceptors (Lipinski definition) is 3. The van der Waals surface area contributed by atoms with E-state index >= 15 is 0 Å². The molecule has 5 heteroatoms. The second-order valence-corrected chi connectivity index (χ2v) is 5.24. The summed E-state index contributed by atoms with van der Waals surface area (Å²) in [5, 5.41) is 0.256. The molecule has 1 aromatic rings. The minimum Gasteiger partial charge on any atom is -0.440 e. The number of halogens is 1. The van der Waals surface area contributed by atoms with E-state index in [0.717, 1.165) is 19.3 Å². The van der Waals surface area contributed by atoms with E-state index in [2.05, 4.69) is 0 Å². The molecule has 1 aliphatic carbocycles. The molecule has 0 unspecified atom stereocenters. The van der Waals surface area contributed by atoms with Crippen LogP contribution in [0.1, 0.15) is 36.2 Å². The van der Waals surface area contributed by atoms with E-state index in [4.69, 9.17) is 20.8 Å². The van der Waals surface area contributed by atoms with Gasteiger partial charge in [0.25, 0.3) is 5.91 Å². The molecule has 2 fully saturated rings. The summed E-state index contributed by atoms with van der Waals surface area (Å²) in [6, 6.07) is 3.44. The van der Waals surface area contributed by atoms with Gasteiger partial charge in [-0.25, -0.2) is 0 Å². The van der Waals surface area contributed by atoms with Gasteiger partial charge in [-0.3, -0.25) is 4.79 Å². The number of carbonyl (C=O) groups is 1. The lowest BCUT2D eigenvalue weighted by Gasteiger charge is -2.43. The Morgan fingerprint density at radius 3 is 2.94 bits per heavy atom. The highest BCUT2D eigenvalue weighted by molar-refractivity contribution is 6.29. The fourth-order valence-electron chi connectivity index (χ4n) is 2.92. The quantitative estimate of drug-likeness (QED) is 0.787. The van der Waals surface area contributed by atoms with Crippen LogP contribution in [0.3, 0.4) is 0 Å². The largest absolute Gasteiger partial charge is 0.440 e. The standard InChI is InChI=1S/C13H16ClNO3/c14-12-6-5-11(18-12)13(16)15-7-8-17-10-4-2-1-3-9(10)15/h5-6,9-10H,1-4,7-8H2/t9-,10-/m1/s1. The van der Waals surface area contributed by atoms with Crippen LogP contribution in [0.4, 0.5) is 0 Å². The zero-order valence-electron chi connectivity index (χ0n) is 10.1. The molecule has 2 aliphatic rings. The van der Waals surface area contributed by atoms with Gasteiger partial charge in [0.15, 0.2) is 11.0 Å². The van der Waals surface area contributed by atoms with Crippen LogP contribution in [0, 0.1) is 0 Å². The zero-order chi connectivity index (χ0) is 12.5. The van der Waals surface area contributed by atoms with Gasteiger partial charge < -0.3 is 14.1 Å². The molecule has 3 rings (SSSR count). The predicted octanol–water partition coefficient (Wildman–Crippen LogP) is 2.72. The van der Waals surface area contributed by atoms with E-state index in [1.165, 1.54) is 6.42 Å². The first-order chi connectivity index (χ1) is 8.75. The maximum Gasteiger partial charge on any atom is 0.290 e. The molecular weight excluding hydrogens is 254 g/mol. The Morgan fingerprint density at radius 1 is 1.33 bits per heavy atom. The number of ether oxygens (including phenoxy) is 1. The minimum atomic E-state index is -0.0675. The summed E-state index contributed by atoms with van der Waals surface area (Å²) in [5.41, 5.74) is 0. The fraction of sp³-hybridized carbons (Fsp3) is 0.615. The molecule has 18 heavy (non-hydrogen) atoms. The fourth-order valence-corrected chi connectivity index (χ4v) is 3.07. The van der Waals surface area contributed by atoms with Gasteiger partial charge in [-0.15, -0.1) is 0 Å². The molecule has 1 saturated heterocycles. The Balaban J connectivity index is 1.79.